The van der Waals surface area contributed by atoms with Gasteiger partial charge >= 0.3 is 0 Å². The van der Waals surface area contributed by atoms with E-state index in [0.717, 1.165) is 16.9 Å². The van der Waals surface area contributed by atoms with Crippen LogP contribution < -0.4 is 0 Å². The van der Waals surface area contributed by atoms with E-state index >= 15 is 0 Å². The van der Waals surface area contributed by atoms with E-state index in [1.807, 2.05) is 67.6 Å². The molecule has 1 heterocycles. The summed E-state index contributed by atoms with van der Waals surface area (Å²) in [6, 6.07) is 20.0. The molecular weight excluding hydrogens is 639 g/mol. The maximum Gasteiger partial charge on any atom is 0.132 e. The van der Waals surface area contributed by atoms with Crippen LogP contribution >= 0.6 is 11.8 Å². The summed E-state index contributed by atoms with van der Waals surface area (Å²) in [5.41, 5.74) is 1.74. The van der Waals surface area contributed by atoms with Crippen LogP contribution in [0, 0.1) is 44.1 Å². The molecule has 1 aliphatic heterocycles. The van der Waals surface area contributed by atoms with E-state index in [1.165, 1.54) is 0 Å². The molecule has 171 valence electrons. The Kier molecular flexibility index (Phi) is 13.7. The van der Waals surface area contributed by atoms with Gasteiger partial charge in [0.15, 0.2) is 0 Å². The molecule has 0 amide bonds. The van der Waals surface area contributed by atoms with Gasteiger partial charge in [0.25, 0.3) is 0 Å². The van der Waals surface area contributed by atoms with Gasteiger partial charge < -0.3 is 24.1 Å². The summed E-state index contributed by atoms with van der Waals surface area (Å²) in [5.74, 6) is 0.822. The van der Waals surface area contributed by atoms with Gasteiger partial charge in [0.1, 0.15) is 29.9 Å². The van der Waals surface area contributed by atoms with Crippen LogP contribution in [-0.2, 0) is 32.2 Å². The molecule has 1 N–H and O–H groups in total. The van der Waals surface area contributed by atoms with E-state index in [-0.39, 0.29) is 50.2 Å². The van der Waals surface area contributed by atoms with Crippen LogP contribution in [0.15, 0.2) is 73.3 Å². The van der Waals surface area contributed by atoms with Crippen molar-refractivity contribution in [1.29, 1.82) is 0 Å². The molecule has 2 unspecified atom stereocenters. The van der Waals surface area contributed by atoms with Crippen LogP contribution in [0.5, 0.6) is 0 Å². The first kappa shape index (κ1) is 28.0. The molecule has 0 bridgehead atoms. The number of benzene rings is 2. The topological polar surface area (TPSA) is 57.2 Å². The van der Waals surface area contributed by atoms with Crippen LogP contribution in [-0.4, -0.2) is 53.9 Å². The van der Waals surface area contributed by atoms with Crippen LogP contribution in [0.3, 0.4) is 0 Å². The third kappa shape index (κ3) is 8.52. The van der Waals surface area contributed by atoms with Crippen LogP contribution in [0.4, 0.5) is 0 Å². The van der Waals surface area contributed by atoms with Crippen molar-refractivity contribution >= 4 is 11.8 Å². The van der Waals surface area contributed by atoms with E-state index in [0.29, 0.717) is 26.4 Å². The Bertz CT molecular complexity index is 763. The van der Waals surface area contributed by atoms with Gasteiger partial charge in [-0.25, -0.2) is 0 Å². The third-order valence-corrected chi connectivity index (χ3v) is 6.08. The van der Waals surface area contributed by atoms with E-state index in [9.17, 15) is 5.11 Å². The molecule has 5 nitrogen and oxygen atoms in total. The van der Waals surface area contributed by atoms with Crippen molar-refractivity contribution in [2.75, 3.05) is 19.0 Å². The molecule has 1 fully saturated rings. The molecule has 1 saturated heterocycles. The van der Waals surface area contributed by atoms with E-state index in [1.54, 1.807) is 17.8 Å². The molecule has 7 heteroatoms. The Morgan fingerprint density at radius 1 is 0.969 bits per heavy atom. The number of aliphatic hydroxyl groups excluding tert-OH is 1. The van der Waals surface area contributed by atoms with E-state index in [4.69, 9.17) is 18.9 Å². The first-order valence-corrected chi connectivity index (χ1v) is 11.7. The fraction of sp³-hybridized carbons (Fsp3) is 0.440. The zero-order chi connectivity index (χ0) is 21.9. The van der Waals surface area contributed by atoms with Crippen molar-refractivity contribution in [3.63, 3.8) is 0 Å². The van der Waals surface area contributed by atoms with Gasteiger partial charge in [-0.2, -0.15) is 0 Å². The van der Waals surface area contributed by atoms with E-state index < -0.39 is 23.7 Å². The molecule has 2 aromatic rings. The molecule has 5 atom stereocenters. The van der Waals surface area contributed by atoms with Crippen molar-refractivity contribution in [1.82, 2.24) is 0 Å². The van der Waals surface area contributed by atoms with Crippen molar-refractivity contribution in [3.8, 4) is 0 Å². The Hall–Kier alpha value is -0.228. The second-order valence-corrected chi connectivity index (χ2v) is 8.71. The second kappa shape index (κ2) is 15.6. The third-order valence-electron chi connectivity index (χ3n) is 5.03. The van der Waals surface area contributed by atoms with Crippen LogP contribution in [0.25, 0.3) is 0 Å². The van der Waals surface area contributed by atoms with Crippen molar-refractivity contribution in [2.24, 2.45) is 0 Å². The smallest absolute Gasteiger partial charge is 0.132 e. The molecular formula is C25H32AcO5S. The molecule has 2 aromatic carbocycles. The monoisotopic (exact) mass is 671 g/mol. The number of ether oxygens (including phenoxy) is 4. The molecule has 0 spiro atoms. The SMILES string of the molecule is C=CCO[C@@H]1C(O)[C@H](SCC)OC(COCc2ccccc2)[C@H]1OCc1ccccc1.[Ac]. The molecule has 0 aromatic heterocycles. The molecule has 0 saturated carbocycles. The Morgan fingerprint density at radius 2 is 1.59 bits per heavy atom. The summed E-state index contributed by atoms with van der Waals surface area (Å²) in [5, 5.41) is 10.9. The average Bonchev–Trinajstić information content (AvgIpc) is 2.80. The molecule has 1 aliphatic rings. The minimum Gasteiger partial charge on any atom is -0.387 e. The summed E-state index contributed by atoms with van der Waals surface area (Å²) in [7, 11) is 0. The standard InChI is InChI=1S/C25H32O5S.Ac/c1-3-15-28-24-22(26)25(31-4-2)30-21(18-27-16-19-11-7-5-8-12-19)23(24)29-17-20-13-9-6-10-14-20;/h3,5-14,21-26H,1,4,15-18H2,2H3;/t21?,22?,23-,24-,25+;/m1./s1. The normalized spacial score (nSPS) is 25.1. The fourth-order valence-corrected chi connectivity index (χ4v) is 4.44. The van der Waals surface area contributed by atoms with Gasteiger partial charge in [-0.1, -0.05) is 73.7 Å². The molecule has 1 radical (unpaired) electrons. The number of hydrogen-bond donors (Lipinski definition) is 1. The molecule has 32 heavy (non-hydrogen) atoms. The molecule has 3 rings (SSSR count). The minimum absolute atomic E-state index is 0. The number of thioether (sulfide) groups is 1. The summed E-state index contributed by atoms with van der Waals surface area (Å²) >= 11 is 1.56. The predicted octanol–water partition coefficient (Wildman–Crippen LogP) is 4.20. The zero-order valence-electron chi connectivity index (χ0n) is 18.5. The van der Waals surface area contributed by atoms with Gasteiger partial charge in [0, 0.05) is 44.1 Å². The predicted molar refractivity (Wildman–Crippen MR) is 124 cm³/mol. The second-order valence-electron chi connectivity index (χ2n) is 7.34. The van der Waals surface area contributed by atoms with Crippen molar-refractivity contribution < 1.29 is 68.1 Å². The number of rotatable bonds is 12. The van der Waals surface area contributed by atoms with Gasteiger partial charge in [-0.15, -0.1) is 18.3 Å². The minimum atomic E-state index is -0.809. The van der Waals surface area contributed by atoms with Crippen molar-refractivity contribution in [2.45, 2.75) is 50.0 Å². The van der Waals surface area contributed by atoms with Crippen LogP contribution in [0.2, 0.25) is 0 Å². The number of aliphatic hydroxyl groups is 1. The summed E-state index contributed by atoms with van der Waals surface area (Å²) < 4.78 is 24.5. The van der Waals surface area contributed by atoms with Crippen molar-refractivity contribution in [3.05, 3.63) is 84.4 Å². The van der Waals surface area contributed by atoms with Gasteiger partial charge in [0.05, 0.1) is 26.4 Å². The number of hydrogen-bond acceptors (Lipinski definition) is 6. The maximum atomic E-state index is 10.9. The van der Waals surface area contributed by atoms with Gasteiger partial charge in [0.2, 0.25) is 0 Å². The first-order valence-electron chi connectivity index (χ1n) is 10.7. The molecule has 0 aliphatic carbocycles. The Labute approximate surface area is 231 Å². The summed E-state index contributed by atoms with van der Waals surface area (Å²) in [6.07, 6.45) is -0.505. The van der Waals surface area contributed by atoms with Crippen LogP contribution in [0.1, 0.15) is 18.1 Å². The fourth-order valence-electron chi connectivity index (χ4n) is 3.54. The van der Waals surface area contributed by atoms with Gasteiger partial charge in [-0.05, 0) is 16.9 Å². The quantitative estimate of drug-likeness (QED) is 0.342. The Balaban J connectivity index is 0.00000363. The summed E-state index contributed by atoms with van der Waals surface area (Å²) in [4.78, 5) is 0. The Morgan fingerprint density at radius 3 is 2.19 bits per heavy atom. The first-order chi connectivity index (χ1) is 15.2. The van der Waals surface area contributed by atoms with E-state index in [2.05, 4.69) is 6.58 Å². The van der Waals surface area contributed by atoms with Gasteiger partial charge in [-0.3, -0.25) is 0 Å². The largest absolute Gasteiger partial charge is 0.387 e. The maximum absolute atomic E-state index is 10.9. The zero-order valence-corrected chi connectivity index (χ0v) is 24.1. The average molecular weight is 672 g/mol. The summed E-state index contributed by atoms with van der Waals surface area (Å²) in [6.45, 7) is 7.33.